The molecule has 0 nitrogen and oxygen atoms in total. The summed E-state index contributed by atoms with van der Waals surface area (Å²) in [5.74, 6) is 0.332. The standard InChI is InChI=1S/C79H64/c1-77(2,3)63-41-59-27-25-55-29-35-65(69-39-33-61(43-63)73(59)75(55)69)53-21-17-50(18-22-53)48-11-9-47(10-12-48)49-13-15-51(16-14-49)57-31-37-67-68-38-32-58(46-72(68)79(7,8)71(67)45-57)52-19-23-54(24-20-52)66-36-30-56-26-28-60-42-64(78(4,5)6)44-62-34-40-70(66)76(56)74(60)62/h9-25,27-46,74H,26H2,1-8H3. The van der Waals surface area contributed by atoms with Gasteiger partial charge in [-0.05, 0) is 190 Å². The van der Waals surface area contributed by atoms with Gasteiger partial charge in [-0.25, -0.2) is 0 Å². The van der Waals surface area contributed by atoms with Crippen LogP contribution in [0.1, 0.15) is 94.7 Å². The fourth-order valence-corrected chi connectivity index (χ4v) is 13.9. The molecule has 0 heteroatoms. The molecule has 4 aliphatic rings. The average Bonchev–Trinajstić information content (AvgIpc) is 3.83. The third-order valence-electron chi connectivity index (χ3n) is 18.5. The van der Waals surface area contributed by atoms with Crippen LogP contribution in [-0.4, -0.2) is 0 Å². The lowest BCUT2D eigenvalue weighted by atomic mass is 9.67. The summed E-state index contributed by atoms with van der Waals surface area (Å²) in [7, 11) is 0. The van der Waals surface area contributed by atoms with E-state index in [0.717, 1.165) is 6.42 Å². The van der Waals surface area contributed by atoms with Crippen LogP contribution in [0, 0.1) is 5.41 Å². The molecular weight excluding hydrogens is 949 g/mol. The molecule has 1 atom stereocenters. The number of benzene rings is 11. The highest BCUT2D eigenvalue weighted by Gasteiger charge is 2.37. The zero-order valence-electron chi connectivity index (χ0n) is 46.6. The number of fused-ring (bicyclic) bond motifs is 3. The minimum absolute atomic E-state index is 0.0978. The summed E-state index contributed by atoms with van der Waals surface area (Å²) >= 11 is 0. The molecule has 0 aromatic heterocycles. The molecule has 0 saturated heterocycles. The van der Waals surface area contributed by atoms with Crippen LogP contribution in [0.5, 0.6) is 0 Å². The molecule has 0 bridgehead atoms. The molecule has 0 spiro atoms. The van der Waals surface area contributed by atoms with Crippen molar-refractivity contribution in [2.24, 2.45) is 5.41 Å². The summed E-state index contributed by atoms with van der Waals surface area (Å²) in [5, 5.41) is 7.99. The molecule has 79 heavy (non-hydrogen) atoms. The first kappa shape index (κ1) is 47.6. The van der Waals surface area contributed by atoms with Crippen LogP contribution in [0.25, 0.3) is 116 Å². The van der Waals surface area contributed by atoms with Gasteiger partial charge in [-0.3, -0.25) is 0 Å². The summed E-state index contributed by atoms with van der Waals surface area (Å²) in [5.41, 5.74) is 30.6. The Balaban J connectivity index is 0.644. The Kier molecular flexibility index (Phi) is 10.4. The van der Waals surface area contributed by atoms with Crippen LogP contribution in [0.3, 0.4) is 0 Å². The summed E-state index contributed by atoms with van der Waals surface area (Å²) in [6, 6.07) is 74.2. The van der Waals surface area contributed by atoms with Gasteiger partial charge in [-0.2, -0.15) is 0 Å². The first-order valence-corrected chi connectivity index (χ1v) is 28.5. The second kappa shape index (κ2) is 17.2. The van der Waals surface area contributed by atoms with Gasteiger partial charge in [-0.1, -0.05) is 268 Å². The van der Waals surface area contributed by atoms with Gasteiger partial charge in [0.05, 0.1) is 0 Å². The largest absolute Gasteiger partial charge is 0.0759 e. The maximum absolute atomic E-state index is 2.47. The molecule has 0 radical (unpaired) electrons. The highest BCUT2D eigenvalue weighted by Crippen LogP contribution is 2.53. The van der Waals surface area contributed by atoms with E-state index >= 15 is 0 Å². The minimum Gasteiger partial charge on any atom is -0.0759 e. The van der Waals surface area contributed by atoms with Gasteiger partial charge >= 0.3 is 0 Å². The van der Waals surface area contributed by atoms with Crippen LogP contribution < -0.4 is 0 Å². The van der Waals surface area contributed by atoms with Gasteiger partial charge in [0.15, 0.2) is 0 Å². The van der Waals surface area contributed by atoms with Crippen molar-refractivity contribution in [2.45, 2.75) is 78.6 Å². The molecule has 4 aliphatic carbocycles. The first-order valence-electron chi connectivity index (χ1n) is 28.5. The predicted molar refractivity (Wildman–Crippen MR) is 338 cm³/mol. The molecule has 15 rings (SSSR count). The Morgan fingerprint density at radius 2 is 0.835 bits per heavy atom. The molecule has 0 N–H and O–H groups in total. The lowest BCUT2D eigenvalue weighted by Crippen LogP contribution is -2.21. The van der Waals surface area contributed by atoms with Crippen molar-refractivity contribution < 1.29 is 0 Å². The average molecular weight is 1010 g/mol. The second-order valence-electron chi connectivity index (χ2n) is 25.7. The molecule has 11 aromatic carbocycles. The molecule has 0 saturated carbocycles. The Hall–Kier alpha value is -8.58. The van der Waals surface area contributed by atoms with E-state index in [0.29, 0.717) is 5.92 Å². The normalized spacial score (nSPS) is 15.9. The summed E-state index contributed by atoms with van der Waals surface area (Å²) in [4.78, 5) is 0. The summed E-state index contributed by atoms with van der Waals surface area (Å²) in [6.45, 7) is 18.7. The molecule has 0 amide bonds. The van der Waals surface area contributed by atoms with Crippen LogP contribution >= 0.6 is 0 Å². The van der Waals surface area contributed by atoms with Crippen molar-refractivity contribution in [3.05, 3.63) is 269 Å². The van der Waals surface area contributed by atoms with Crippen molar-refractivity contribution in [2.75, 3.05) is 0 Å². The van der Waals surface area contributed by atoms with Crippen molar-refractivity contribution >= 4 is 38.4 Å². The smallest absolute Gasteiger partial charge is 0.0346 e. The van der Waals surface area contributed by atoms with E-state index < -0.39 is 0 Å². The zero-order chi connectivity index (χ0) is 53.7. The summed E-state index contributed by atoms with van der Waals surface area (Å²) < 4.78 is 0. The molecule has 0 fully saturated rings. The fourth-order valence-electron chi connectivity index (χ4n) is 13.9. The summed E-state index contributed by atoms with van der Waals surface area (Å²) in [6.07, 6.45) is 13.1. The Bertz CT molecular complexity index is 4450. The predicted octanol–water partition coefficient (Wildman–Crippen LogP) is 21.7. The Morgan fingerprint density at radius 1 is 0.380 bits per heavy atom. The lowest BCUT2D eigenvalue weighted by molar-refractivity contribution is 0.513. The van der Waals surface area contributed by atoms with E-state index in [9.17, 15) is 0 Å². The highest BCUT2D eigenvalue weighted by molar-refractivity contribution is 6.25. The fraction of sp³-hybridized carbons (Fsp3) is 0.165. The quantitative estimate of drug-likeness (QED) is 0.146. The number of hydrogen-bond acceptors (Lipinski definition) is 0. The first-order chi connectivity index (χ1) is 38.1. The van der Waals surface area contributed by atoms with E-state index in [2.05, 4.69) is 280 Å². The molecule has 11 aromatic rings. The van der Waals surface area contributed by atoms with E-state index in [1.54, 1.807) is 0 Å². The third-order valence-corrected chi connectivity index (χ3v) is 18.5. The maximum Gasteiger partial charge on any atom is 0.0346 e. The monoisotopic (exact) mass is 1010 g/mol. The molecular formula is C79H64. The highest BCUT2D eigenvalue weighted by atomic mass is 14.4. The van der Waals surface area contributed by atoms with Gasteiger partial charge in [0.1, 0.15) is 0 Å². The maximum atomic E-state index is 2.47. The SMILES string of the molecule is CC(C)(C)C1=CC2=CCc3ccc(-c4ccc(-c5ccc6c(c5)C(C)(C)c5cc(-c7ccc(-c8ccc(-c9ccc(-c%10ccc%11ccc%12cc(C(C)(C)C)cc%13ccc%10c%11c%12%13)cc9)cc8)cc7)ccc5-6)cc4)c4c3C2C(=C1)C=C4. The van der Waals surface area contributed by atoms with E-state index in [1.807, 2.05) is 0 Å². The van der Waals surface area contributed by atoms with Crippen molar-refractivity contribution in [1.29, 1.82) is 0 Å². The van der Waals surface area contributed by atoms with Crippen molar-refractivity contribution in [3.63, 3.8) is 0 Å². The van der Waals surface area contributed by atoms with Gasteiger partial charge in [0.25, 0.3) is 0 Å². The number of allylic oxidation sites excluding steroid dienone is 7. The topological polar surface area (TPSA) is 0 Å². The molecule has 0 aliphatic heterocycles. The van der Waals surface area contributed by atoms with Crippen LogP contribution in [-0.2, 0) is 17.3 Å². The van der Waals surface area contributed by atoms with E-state index in [4.69, 9.17) is 0 Å². The third kappa shape index (κ3) is 7.63. The number of rotatable bonds is 6. The van der Waals surface area contributed by atoms with Crippen LogP contribution in [0.4, 0.5) is 0 Å². The van der Waals surface area contributed by atoms with Crippen molar-refractivity contribution in [1.82, 2.24) is 0 Å². The van der Waals surface area contributed by atoms with Gasteiger partial charge in [-0.15, -0.1) is 0 Å². The second-order valence-corrected chi connectivity index (χ2v) is 25.7. The number of hydrogen-bond donors (Lipinski definition) is 0. The van der Waals surface area contributed by atoms with Crippen LogP contribution in [0.15, 0.2) is 235 Å². The van der Waals surface area contributed by atoms with Gasteiger partial charge in [0, 0.05) is 11.3 Å². The van der Waals surface area contributed by atoms with Gasteiger partial charge < -0.3 is 0 Å². The van der Waals surface area contributed by atoms with E-state index in [1.165, 1.54) is 160 Å². The molecule has 380 valence electrons. The van der Waals surface area contributed by atoms with Gasteiger partial charge in [0.2, 0.25) is 0 Å². The van der Waals surface area contributed by atoms with E-state index in [-0.39, 0.29) is 16.2 Å². The molecule has 0 heterocycles. The molecule has 1 unspecified atom stereocenters. The Labute approximate surface area is 466 Å². The zero-order valence-corrected chi connectivity index (χ0v) is 46.6. The minimum atomic E-state index is -0.139. The lowest BCUT2D eigenvalue weighted by Gasteiger charge is -2.37. The van der Waals surface area contributed by atoms with Crippen molar-refractivity contribution in [3.8, 4) is 77.9 Å². The Morgan fingerprint density at radius 3 is 1.38 bits per heavy atom. The van der Waals surface area contributed by atoms with Crippen LogP contribution in [0.2, 0.25) is 0 Å².